The fraction of sp³-hybridized carbons (Fsp3) is 0.364. The maximum absolute atomic E-state index is 13.7. The summed E-state index contributed by atoms with van der Waals surface area (Å²) in [6.07, 6.45) is 1.14. The Morgan fingerprint density at radius 1 is 1.18 bits per heavy atom. The van der Waals surface area contributed by atoms with Gasteiger partial charge < -0.3 is 15.2 Å². The van der Waals surface area contributed by atoms with Gasteiger partial charge in [-0.05, 0) is 60.4 Å². The molecule has 0 spiro atoms. The molecule has 0 aromatic heterocycles. The fourth-order valence-electron chi connectivity index (χ4n) is 4.98. The zero-order valence-electron chi connectivity index (χ0n) is 15.6. The first-order chi connectivity index (χ1) is 13.3. The smallest absolute Gasteiger partial charge is 0.408 e. The Bertz CT molecular complexity index is 908. The van der Waals surface area contributed by atoms with Gasteiger partial charge in [0.1, 0.15) is 18.5 Å². The summed E-state index contributed by atoms with van der Waals surface area (Å²) in [6.45, 7) is 2.02. The maximum Gasteiger partial charge on any atom is 0.408 e. The molecular weight excluding hydrogens is 361 g/mol. The fourth-order valence-corrected chi connectivity index (χ4v) is 4.98. The second-order valence-electron chi connectivity index (χ2n) is 8.11. The van der Waals surface area contributed by atoms with Gasteiger partial charge in [0, 0.05) is 5.41 Å². The summed E-state index contributed by atoms with van der Waals surface area (Å²) in [4.78, 5) is 23.9. The van der Waals surface area contributed by atoms with Crippen LogP contribution in [0, 0.1) is 18.2 Å². The number of ether oxygens (including phenoxy) is 1. The lowest BCUT2D eigenvalue weighted by Gasteiger charge is -2.72. The predicted molar refractivity (Wildman–Crippen MR) is 100 cm³/mol. The highest BCUT2D eigenvalue weighted by molar-refractivity contribution is 5.82. The molecule has 3 aliphatic carbocycles. The van der Waals surface area contributed by atoms with E-state index in [2.05, 4.69) is 5.32 Å². The van der Waals surface area contributed by atoms with E-state index in [1.54, 1.807) is 12.1 Å². The van der Waals surface area contributed by atoms with Gasteiger partial charge >= 0.3 is 12.1 Å². The number of carbonyl (C=O) groups is 2. The van der Waals surface area contributed by atoms with Gasteiger partial charge in [0.2, 0.25) is 0 Å². The van der Waals surface area contributed by atoms with E-state index >= 15 is 0 Å². The third-order valence-electron chi connectivity index (χ3n) is 6.18. The molecule has 5 rings (SSSR count). The second kappa shape index (κ2) is 6.62. The Morgan fingerprint density at radius 3 is 2.50 bits per heavy atom. The molecule has 5 nitrogen and oxygen atoms in total. The largest absolute Gasteiger partial charge is 0.480 e. The lowest BCUT2D eigenvalue weighted by Crippen LogP contribution is -2.73. The first kappa shape index (κ1) is 18.5. The summed E-state index contributed by atoms with van der Waals surface area (Å²) in [5.41, 5.74) is 2.13. The van der Waals surface area contributed by atoms with E-state index < -0.39 is 23.5 Å². The van der Waals surface area contributed by atoms with Crippen molar-refractivity contribution in [3.63, 3.8) is 0 Å². The molecule has 0 heterocycles. The molecule has 2 aromatic rings. The Hall–Kier alpha value is -2.89. The highest BCUT2D eigenvalue weighted by atomic mass is 19.1. The highest BCUT2D eigenvalue weighted by Crippen LogP contribution is 2.75. The third kappa shape index (κ3) is 3.03. The number of halogens is 1. The first-order valence-electron chi connectivity index (χ1n) is 9.30. The number of hydrogen-bond donors (Lipinski definition) is 2. The number of aryl methyl sites for hydroxylation is 1. The van der Waals surface area contributed by atoms with Gasteiger partial charge in [0.15, 0.2) is 0 Å². The van der Waals surface area contributed by atoms with Crippen molar-refractivity contribution in [2.24, 2.45) is 5.41 Å². The summed E-state index contributed by atoms with van der Waals surface area (Å²) in [5.74, 6) is -1.35. The van der Waals surface area contributed by atoms with Gasteiger partial charge in [0.25, 0.3) is 0 Å². The number of carboxylic acid groups (broad SMARTS) is 1. The lowest BCUT2D eigenvalue weighted by molar-refractivity contribution is -0.183. The third-order valence-corrected chi connectivity index (χ3v) is 6.18. The van der Waals surface area contributed by atoms with Crippen LogP contribution in [0.5, 0.6) is 0 Å². The lowest BCUT2D eigenvalue weighted by atomic mass is 9.31. The molecule has 146 valence electrons. The second-order valence-corrected chi connectivity index (χ2v) is 8.11. The number of amides is 1. The van der Waals surface area contributed by atoms with Crippen LogP contribution >= 0.6 is 0 Å². The van der Waals surface area contributed by atoms with E-state index in [-0.39, 0.29) is 17.8 Å². The zero-order chi connectivity index (χ0) is 19.9. The predicted octanol–water partition coefficient (Wildman–Crippen LogP) is 3.94. The summed E-state index contributed by atoms with van der Waals surface area (Å²) in [6, 6.07) is 12.9. The molecule has 3 saturated carbocycles. The van der Waals surface area contributed by atoms with Crippen molar-refractivity contribution >= 4 is 12.1 Å². The van der Waals surface area contributed by atoms with Gasteiger partial charge in [-0.1, -0.05) is 36.4 Å². The van der Waals surface area contributed by atoms with E-state index in [0.717, 1.165) is 16.7 Å². The van der Waals surface area contributed by atoms with Crippen LogP contribution in [0.15, 0.2) is 48.5 Å². The number of benzene rings is 2. The molecule has 1 unspecified atom stereocenters. The van der Waals surface area contributed by atoms with Crippen molar-refractivity contribution in [2.45, 2.75) is 44.2 Å². The van der Waals surface area contributed by atoms with Crippen LogP contribution < -0.4 is 5.32 Å². The topological polar surface area (TPSA) is 75.6 Å². The van der Waals surface area contributed by atoms with Gasteiger partial charge in [0.05, 0.1) is 0 Å². The Morgan fingerprint density at radius 2 is 1.86 bits per heavy atom. The van der Waals surface area contributed by atoms with Crippen LogP contribution in [0.1, 0.15) is 36.0 Å². The van der Waals surface area contributed by atoms with Gasteiger partial charge in [-0.3, -0.25) is 0 Å². The summed E-state index contributed by atoms with van der Waals surface area (Å²) in [5, 5.41) is 12.2. The number of rotatable bonds is 6. The van der Waals surface area contributed by atoms with E-state index in [9.17, 15) is 19.1 Å². The minimum Gasteiger partial charge on any atom is -0.480 e. The van der Waals surface area contributed by atoms with Crippen molar-refractivity contribution in [2.75, 3.05) is 0 Å². The Labute approximate surface area is 162 Å². The summed E-state index contributed by atoms with van der Waals surface area (Å²) >= 11 is 0. The minimum absolute atomic E-state index is 0.0818. The maximum atomic E-state index is 13.7. The molecule has 6 heteroatoms. The van der Waals surface area contributed by atoms with Crippen LogP contribution in [0.25, 0.3) is 0 Å². The number of carbonyl (C=O) groups excluding carboxylic acids is 1. The van der Waals surface area contributed by atoms with Crippen molar-refractivity contribution in [1.82, 2.24) is 5.32 Å². The molecule has 3 fully saturated rings. The van der Waals surface area contributed by atoms with Crippen molar-refractivity contribution in [3.05, 3.63) is 71.0 Å². The van der Waals surface area contributed by atoms with Crippen molar-refractivity contribution in [3.8, 4) is 0 Å². The SMILES string of the molecule is Cc1ccc(F)cc1C12CC(C(NC(=O)OCc3ccccc3)C(=O)O)(C1)C2. The zero-order valence-corrected chi connectivity index (χ0v) is 15.6. The number of carboxylic acids is 1. The quantitative estimate of drug-likeness (QED) is 0.792. The first-order valence-corrected chi connectivity index (χ1v) is 9.30. The molecule has 0 radical (unpaired) electrons. The molecule has 2 aromatic carbocycles. The summed E-state index contributed by atoms with van der Waals surface area (Å²) < 4.78 is 18.8. The van der Waals surface area contributed by atoms with E-state index in [4.69, 9.17) is 4.74 Å². The molecule has 1 amide bonds. The average Bonchev–Trinajstić information content (AvgIpc) is 2.60. The molecular formula is C22H22FNO4. The van der Waals surface area contributed by atoms with Crippen molar-refractivity contribution < 1.29 is 23.8 Å². The van der Waals surface area contributed by atoms with E-state index in [1.807, 2.05) is 37.3 Å². The van der Waals surface area contributed by atoms with E-state index in [1.165, 1.54) is 6.07 Å². The van der Waals surface area contributed by atoms with Gasteiger partial charge in [-0.15, -0.1) is 0 Å². The molecule has 0 saturated heterocycles. The Balaban J connectivity index is 1.40. The van der Waals surface area contributed by atoms with E-state index in [0.29, 0.717) is 19.3 Å². The monoisotopic (exact) mass is 383 g/mol. The number of hydrogen-bond acceptors (Lipinski definition) is 3. The van der Waals surface area contributed by atoms with Crippen LogP contribution in [0.4, 0.5) is 9.18 Å². The Kier molecular flexibility index (Phi) is 4.37. The standard InChI is InChI=1S/C22H22FNO4/c1-14-7-8-16(23)9-17(14)21-11-22(12-21,13-21)18(19(25)26)24-20(27)28-10-15-5-3-2-4-6-15/h2-9,18H,10-13H2,1H3,(H,24,27)(H,25,26). The van der Waals surface area contributed by atoms with Crippen LogP contribution in [-0.4, -0.2) is 23.2 Å². The molecule has 3 aliphatic rings. The van der Waals surface area contributed by atoms with Gasteiger partial charge in [-0.2, -0.15) is 0 Å². The van der Waals surface area contributed by atoms with Crippen LogP contribution in [-0.2, 0) is 21.6 Å². The normalized spacial score (nSPS) is 25.8. The molecule has 1 atom stereocenters. The number of nitrogens with one attached hydrogen (secondary N) is 1. The van der Waals surface area contributed by atoms with Gasteiger partial charge in [-0.25, -0.2) is 14.0 Å². The minimum atomic E-state index is -1.07. The van der Waals surface area contributed by atoms with Crippen molar-refractivity contribution in [1.29, 1.82) is 0 Å². The highest BCUT2D eigenvalue weighted by Gasteiger charge is 2.72. The number of alkyl carbamates (subject to hydrolysis) is 1. The molecule has 28 heavy (non-hydrogen) atoms. The summed E-state index contributed by atoms with van der Waals surface area (Å²) in [7, 11) is 0. The molecule has 2 N–H and O–H groups in total. The molecule has 0 aliphatic heterocycles. The van der Waals surface area contributed by atoms with Crippen LogP contribution in [0.2, 0.25) is 0 Å². The number of aliphatic carboxylic acids is 1. The average molecular weight is 383 g/mol. The molecule has 2 bridgehead atoms. The van der Waals surface area contributed by atoms with Crippen LogP contribution in [0.3, 0.4) is 0 Å².